The third-order valence-electron chi connectivity index (χ3n) is 10.6. The van der Waals surface area contributed by atoms with Crippen molar-refractivity contribution in [3.05, 3.63) is 41.0 Å². The van der Waals surface area contributed by atoms with Crippen LogP contribution in [-0.4, -0.2) is 89.2 Å². The number of amides is 1. The van der Waals surface area contributed by atoms with Gasteiger partial charge in [-0.15, -0.1) is 11.3 Å². The summed E-state index contributed by atoms with van der Waals surface area (Å²) in [4.78, 5) is 25.2. The average molecular weight is 754 g/mol. The highest BCUT2D eigenvalue weighted by atomic mass is 32.1. The summed E-state index contributed by atoms with van der Waals surface area (Å²) in [6.45, 7) is 2.16. The van der Waals surface area contributed by atoms with E-state index in [-0.39, 0.29) is 59.0 Å². The summed E-state index contributed by atoms with van der Waals surface area (Å²) in [5.74, 6) is -4.00. The van der Waals surface area contributed by atoms with Crippen molar-refractivity contribution in [2.45, 2.75) is 69.0 Å². The van der Waals surface area contributed by atoms with Crippen molar-refractivity contribution < 1.29 is 44.7 Å². The van der Waals surface area contributed by atoms with Gasteiger partial charge in [0.25, 0.3) is 5.91 Å². The van der Waals surface area contributed by atoms with Crippen LogP contribution in [0.1, 0.15) is 43.7 Å². The fourth-order valence-corrected chi connectivity index (χ4v) is 9.15. The number of hydrogen-bond donors (Lipinski definition) is 1. The van der Waals surface area contributed by atoms with E-state index in [0.29, 0.717) is 30.4 Å². The van der Waals surface area contributed by atoms with Gasteiger partial charge in [-0.25, -0.2) is 13.2 Å². The first kappa shape index (κ1) is 35.9. The van der Waals surface area contributed by atoms with Crippen LogP contribution in [0.15, 0.2) is 18.2 Å². The zero-order valence-corrected chi connectivity index (χ0v) is 28.5. The Morgan fingerprint density at radius 2 is 2.00 bits per heavy atom. The largest absolute Gasteiger partial charge is 0.461 e. The average Bonchev–Trinajstić information content (AvgIpc) is 3.83. The van der Waals surface area contributed by atoms with E-state index >= 15 is 4.39 Å². The maximum atomic E-state index is 17.1. The number of halogens is 8. The number of nitrogens with zero attached hydrogens (tertiary/aromatic N) is 6. The number of thiophene rings is 1. The lowest BCUT2D eigenvalue weighted by atomic mass is 9.92. The Labute approximate surface area is 295 Å². The maximum absolute atomic E-state index is 17.1. The molecule has 3 aliphatic rings. The van der Waals surface area contributed by atoms with Crippen LogP contribution in [0.5, 0.6) is 6.01 Å². The van der Waals surface area contributed by atoms with E-state index in [1.165, 1.54) is 18.9 Å². The van der Waals surface area contributed by atoms with Crippen molar-refractivity contribution in [1.29, 1.82) is 5.26 Å². The third-order valence-corrected chi connectivity index (χ3v) is 11.7. The van der Waals surface area contributed by atoms with Gasteiger partial charge in [-0.1, -0.05) is 6.07 Å². The predicted molar refractivity (Wildman–Crippen MR) is 177 cm³/mol. The Morgan fingerprint density at radius 3 is 2.69 bits per heavy atom. The summed E-state index contributed by atoms with van der Waals surface area (Å²) in [6.07, 6.45) is -7.92. The van der Waals surface area contributed by atoms with Gasteiger partial charge < -0.3 is 20.3 Å². The van der Waals surface area contributed by atoms with E-state index < -0.39 is 87.5 Å². The Kier molecular flexibility index (Phi) is 8.88. The molecule has 0 bridgehead atoms. The van der Waals surface area contributed by atoms with Crippen LogP contribution in [-0.2, 0) is 11.0 Å². The van der Waals surface area contributed by atoms with Gasteiger partial charge in [0.2, 0.25) is 0 Å². The summed E-state index contributed by atoms with van der Waals surface area (Å²) in [6, 6.07) is 2.18. The summed E-state index contributed by atoms with van der Waals surface area (Å²) >= 11 is 0.633. The quantitative estimate of drug-likeness (QED) is 0.203. The molecule has 3 fully saturated rings. The highest BCUT2D eigenvalue weighted by Crippen LogP contribution is 2.48. The summed E-state index contributed by atoms with van der Waals surface area (Å²) in [5, 5.41) is 8.92. The van der Waals surface area contributed by atoms with E-state index in [4.69, 9.17) is 10.5 Å². The van der Waals surface area contributed by atoms with Crippen LogP contribution < -0.4 is 15.4 Å². The monoisotopic (exact) mass is 753 g/mol. The summed E-state index contributed by atoms with van der Waals surface area (Å²) in [7, 11) is 1.43. The fraction of sp³-hybridized carbons (Fsp3) is 0.471. The van der Waals surface area contributed by atoms with Crippen LogP contribution in [0, 0.1) is 23.0 Å². The van der Waals surface area contributed by atoms with Gasteiger partial charge in [-0.05, 0) is 50.4 Å². The molecule has 276 valence electrons. The van der Waals surface area contributed by atoms with Crippen molar-refractivity contribution in [3.8, 4) is 23.2 Å². The zero-order valence-electron chi connectivity index (χ0n) is 27.7. The lowest BCUT2D eigenvalue weighted by Crippen LogP contribution is -2.46. The third kappa shape index (κ3) is 5.72. The molecule has 18 heteroatoms. The van der Waals surface area contributed by atoms with Crippen molar-refractivity contribution in [2.75, 3.05) is 43.9 Å². The van der Waals surface area contributed by atoms with Gasteiger partial charge in [0, 0.05) is 48.9 Å². The second-order valence-corrected chi connectivity index (χ2v) is 14.5. The number of carbonyl (C=O) groups is 1. The Hall–Kier alpha value is -4.50. The molecule has 0 radical (unpaired) electrons. The molecule has 0 saturated carbocycles. The first-order chi connectivity index (χ1) is 24.6. The van der Waals surface area contributed by atoms with Crippen LogP contribution in [0.3, 0.4) is 0 Å². The van der Waals surface area contributed by atoms with Crippen LogP contribution in [0.2, 0.25) is 0 Å². The number of nitrogen functional groups attached to an aromatic ring is 1. The molecule has 0 aliphatic carbocycles. The fourth-order valence-electron chi connectivity index (χ4n) is 8.20. The molecule has 3 aliphatic heterocycles. The number of rotatable bonds is 7. The molecule has 0 unspecified atom stereocenters. The Balaban J connectivity index is 1.44. The number of likely N-dealkylation sites (N-methyl/N-ethyl adjacent to an activating group) is 1. The van der Waals surface area contributed by atoms with E-state index in [9.17, 15) is 40.8 Å². The molecule has 9 nitrogen and oxygen atoms in total. The Bertz CT molecular complexity index is 2140. The normalized spacial score (nSPS) is 23.6. The minimum absolute atomic E-state index is 0.0770. The van der Waals surface area contributed by atoms with Crippen molar-refractivity contribution in [1.82, 2.24) is 19.8 Å². The molecule has 0 spiro atoms. The maximum Gasteiger partial charge on any atom is 0.417 e. The number of anilines is 2. The van der Waals surface area contributed by atoms with Gasteiger partial charge in [0.15, 0.2) is 5.82 Å². The topological polar surface area (TPSA) is 112 Å². The molecule has 1 amide bonds. The lowest BCUT2D eigenvalue weighted by molar-refractivity contribution is -0.143. The number of carbonyl (C=O) groups excluding carboxylic acids is 1. The van der Waals surface area contributed by atoms with Crippen LogP contribution in [0.4, 0.5) is 45.9 Å². The Morgan fingerprint density at radius 1 is 1.25 bits per heavy atom. The highest BCUT2D eigenvalue weighted by molar-refractivity contribution is 7.23. The highest BCUT2D eigenvalue weighted by Gasteiger charge is 2.50. The van der Waals surface area contributed by atoms with Crippen molar-refractivity contribution in [2.24, 2.45) is 0 Å². The number of alkyl halides is 6. The minimum atomic E-state index is -5.21. The van der Waals surface area contributed by atoms with Crippen molar-refractivity contribution in [3.63, 3.8) is 0 Å². The number of nitriles is 1. The summed E-state index contributed by atoms with van der Waals surface area (Å²) < 4.78 is 124. The second-order valence-electron chi connectivity index (χ2n) is 13.5. The molecular formula is C34H31F8N7O2S. The molecular weight excluding hydrogens is 722 g/mol. The molecule has 5 heterocycles. The van der Waals surface area contributed by atoms with Gasteiger partial charge in [-0.3, -0.25) is 9.69 Å². The first-order valence-electron chi connectivity index (χ1n) is 16.4. The molecule has 4 atom stereocenters. The lowest BCUT2D eigenvalue weighted by Gasteiger charge is -2.33. The molecule has 2 aromatic heterocycles. The van der Waals surface area contributed by atoms with Gasteiger partial charge in [0.05, 0.1) is 27.4 Å². The summed E-state index contributed by atoms with van der Waals surface area (Å²) in [5.41, 5.74) is 1.34. The number of fused-ring (bicyclic) bond motifs is 3. The SMILES string of the molecule is C[C@@H]1[C@H](N(C)c2nc(OC[C@@]34CCCN3C[C@H](F)C4)nc3c(F)c(-c4ccc(F)c5sc(N)c(C#N)c45)c(C(F)(F)F)cc23)CCN1C(=O)C(F)F. The molecule has 2 N–H and O–H groups in total. The van der Waals surface area contributed by atoms with Gasteiger partial charge in [-0.2, -0.15) is 37.2 Å². The van der Waals surface area contributed by atoms with Crippen molar-refractivity contribution >= 4 is 49.1 Å². The zero-order chi connectivity index (χ0) is 37.4. The van der Waals surface area contributed by atoms with Gasteiger partial charge >= 0.3 is 18.6 Å². The number of ether oxygens (including phenoxy) is 1. The number of likely N-dealkylation sites (tertiary alicyclic amines) is 1. The minimum Gasteiger partial charge on any atom is -0.461 e. The first-order valence-corrected chi connectivity index (χ1v) is 17.2. The van der Waals surface area contributed by atoms with E-state index in [2.05, 4.69) is 9.97 Å². The van der Waals surface area contributed by atoms with Crippen LogP contribution in [0.25, 0.3) is 32.1 Å². The molecule has 52 heavy (non-hydrogen) atoms. The molecule has 4 aromatic rings. The second kappa shape index (κ2) is 12.9. The predicted octanol–water partition coefficient (Wildman–Crippen LogP) is 6.91. The van der Waals surface area contributed by atoms with E-state index in [1.54, 1.807) is 6.07 Å². The van der Waals surface area contributed by atoms with E-state index in [1.807, 2.05) is 4.90 Å². The number of nitrogens with two attached hydrogens (primary N) is 1. The van der Waals surface area contributed by atoms with E-state index in [0.717, 1.165) is 23.5 Å². The number of aromatic nitrogens is 2. The van der Waals surface area contributed by atoms with Crippen LogP contribution >= 0.6 is 11.3 Å². The standard InChI is InChI=1S/C34H31F8N7O2S/c1-15-22(6-9-49(15)31(50)28(38)39)47(2)30-18-10-20(34(40,41)42)24(17-4-5-21(36)27-23(17)19(12-43)29(44)52-27)25(37)26(18)45-32(46-30)51-14-33-7-3-8-48(33)13-16(35)11-33/h4-5,10,15-16,22,28H,3,6-9,11,13-14,44H2,1-2H3/t15-,16-,22-,33+/m1/s1. The number of hydrogen-bond acceptors (Lipinski definition) is 9. The molecule has 7 rings (SSSR count). The number of benzene rings is 2. The van der Waals surface area contributed by atoms with Gasteiger partial charge in [0.1, 0.15) is 41.0 Å². The smallest absolute Gasteiger partial charge is 0.417 e. The molecule has 3 saturated heterocycles. The molecule has 2 aromatic carbocycles.